The molecular weight excluding hydrogens is 668 g/mol. The van der Waals surface area contributed by atoms with Crippen LogP contribution in [-0.4, -0.2) is 58.6 Å². The summed E-state index contributed by atoms with van der Waals surface area (Å²) in [5.74, 6) is 2.65. The Hall–Kier alpha value is -2.32. The largest absolute Gasteiger partial charge is 0.462 e. The number of aldehydes is 2. The Bertz CT molecular complexity index is 1560. The van der Waals surface area contributed by atoms with Crippen molar-refractivity contribution in [2.24, 2.45) is 63.1 Å². The highest BCUT2D eigenvalue weighted by Gasteiger charge is 2.66. The number of allylic oxidation sites excluding steroid dienone is 2. The highest BCUT2D eigenvalue weighted by Crippen LogP contribution is 2.69. The van der Waals surface area contributed by atoms with Gasteiger partial charge < -0.3 is 29.3 Å². The van der Waals surface area contributed by atoms with Gasteiger partial charge in [-0.15, -0.1) is 0 Å². The monoisotopic (exact) mass is 734 g/mol. The number of rotatable bonds is 4. The third-order valence-corrected chi connectivity index (χ3v) is 17.9. The lowest BCUT2D eigenvalue weighted by molar-refractivity contribution is -0.178. The first-order chi connectivity index (χ1) is 25.0. The van der Waals surface area contributed by atoms with Gasteiger partial charge in [0.2, 0.25) is 0 Å². The van der Waals surface area contributed by atoms with E-state index in [-0.39, 0.29) is 51.7 Å². The van der Waals surface area contributed by atoms with Gasteiger partial charge in [-0.25, -0.2) is 0 Å². The summed E-state index contributed by atoms with van der Waals surface area (Å²) in [6, 6.07) is 0. The Balaban J connectivity index is 0.000000164. The Morgan fingerprint density at radius 3 is 2.13 bits per heavy atom. The van der Waals surface area contributed by atoms with E-state index in [0.29, 0.717) is 48.3 Å². The fraction of sp³-hybridized carbons (Fsp3) is 0.822. The predicted octanol–water partition coefficient (Wildman–Crippen LogP) is 7.87. The van der Waals surface area contributed by atoms with Crippen LogP contribution in [-0.2, 0) is 28.7 Å². The second kappa shape index (κ2) is 13.7. The molecule has 0 aromatic carbocycles. The molecule has 0 spiro atoms. The maximum Gasteiger partial charge on any atom is 0.303 e. The van der Waals surface area contributed by atoms with E-state index in [1.54, 1.807) is 0 Å². The van der Waals surface area contributed by atoms with E-state index < -0.39 is 11.7 Å². The number of esters is 2. The van der Waals surface area contributed by atoms with Gasteiger partial charge in [-0.1, -0.05) is 38.0 Å². The fourth-order valence-electron chi connectivity index (χ4n) is 15.2. The van der Waals surface area contributed by atoms with Crippen molar-refractivity contribution in [1.82, 2.24) is 0 Å². The normalized spacial score (nSPS) is 49.6. The van der Waals surface area contributed by atoms with Crippen LogP contribution < -0.4 is 0 Å². The van der Waals surface area contributed by atoms with Crippen LogP contribution >= 0.6 is 0 Å². The van der Waals surface area contributed by atoms with Crippen molar-refractivity contribution < 1.29 is 38.9 Å². The summed E-state index contributed by atoms with van der Waals surface area (Å²) >= 11 is 0. The lowest BCUT2D eigenvalue weighted by Crippen LogP contribution is -2.56. The molecule has 3 unspecified atom stereocenters. The maximum atomic E-state index is 12.5. The average molecular weight is 735 g/mol. The summed E-state index contributed by atoms with van der Waals surface area (Å²) in [5, 5.41) is 20.5. The molecule has 0 amide bonds. The minimum Gasteiger partial charge on any atom is -0.462 e. The standard InChI is InChI=1S/C23H34O4.C22H32O4/c1-14-17-6-5-16-18-8-11-22(4,27-15(2)25)21(18,3)10-7-19(16)23(17,13-24)12-9-20(14)26;1-13-10-16(25)11-15-4-5-17-18-6-7-20(26-14(2)24)21(18,3)9-8-19(17)22(13,15)12-23/h13,16,18-20,26H,5-12H2,1-4H3;11-13,16-20,25H,4-10H2,1-3H3/t16-,18-,19-,20-,21-,22+,23+;13-,16-,17?,18?,19?,20-,21-,22-/m00/s1. The summed E-state index contributed by atoms with van der Waals surface area (Å²) in [6.45, 7) is 14.0. The van der Waals surface area contributed by atoms with Gasteiger partial charge in [0.05, 0.1) is 23.0 Å². The highest BCUT2D eigenvalue weighted by atomic mass is 16.6. The van der Waals surface area contributed by atoms with Crippen LogP contribution in [0.5, 0.6) is 0 Å². The van der Waals surface area contributed by atoms with Crippen molar-refractivity contribution >= 4 is 24.5 Å². The summed E-state index contributed by atoms with van der Waals surface area (Å²) in [4.78, 5) is 48.3. The van der Waals surface area contributed by atoms with Crippen LogP contribution in [0.2, 0.25) is 0 Å². The van der Waals surface area contributed by atoms with E-state index in [2.05, 4.69) is 27.7 Å². The van der Waals surface area contributed by atoms with E-state index in [1.807, 2.05) is 13.0 Å². The molecule has 2 N–H and O–H groups in total. The number of aliphatic hydroxyl groups is 2. The Labute approximate surface area is 317 Å². The number of aliphatic hydroxyl groups excluding tert-OH is 2. The highest BCUT2D eigenvalue weighted by molar-refractivity contribution is 5.69. The van der Waals surface area contributed by atoms with Gasteiger partial charge in [0.15, 0.2) is 0 Å². The molecule has 15 atom stereocenters. The van der Waals surface area contributed by atoms with Gasteiger partial charge in [-0.05, 0) is 157 Å². The third-order valence-electron chi connectivity index (χ3n) is 17.9. The van der Waals surface area contributed by atoms with E-state index in [1.165, 1.54) is 37.6 Å². The summed E-state index contributed by atoms with van der Waals surface area (Å²) in [6.07, 6.45) is 18.0. The van der Waals surface area contributed by atoms with E-state index in [9.17, 15) is 29.4 Å². The van der Waals surface area contributed by atoms with E-state index in [4.69, 9.17) is 9.47 Å². The second-order valence-corrected chi connectivity index (χ2v) is 19.7. The first-order valence-electron chi connectivity index (χ1n) is 21.1. The van der Waals surface area contributed by atoms with Crippen molar-refractivity contribution in [1.29, 1.82) is 0 Å². The molecule has 0 bridgehead atoms. The van der Waals surface area contributed by atoms with Crippen LogP contribution in [0, 0.1) is 63.1 Å². The zero-order valence-electron chi connectivity index (χ0n) is 33.5. The summed E-state index contributed by atoms with van der Waals surface area (Å²) in [5.41, 5.74) is 2.38. The second-order valence-electron chi connectivity index (χ2n) is 19.7. The van der Waals surface area contributed by atoms with Crippen LogP contribution in [0.3, 0.4) is 0 Å². The molecule has 8 aliphatic rings. The van der Waals surface area contributed by atoms with Gasteiger partial charge in [0.1, 0.15) is 24.3 Å². The number of carbonyl (C=O) groups is 4. The Kier molecular flexibility index (Phi) is 10.1. The molecule has 0 aliphatic heterocycles. The molecule has 0 saturated heterocycles. The third kappa shape index (κ3) is 5.71. The van der Waals surface area contributed by atoms with Crippen LogP contribution in [0.1, 0.15) is 145 Å². The van der Waals surface area contributed by atoms with E-state index in [0.717, 1.165) is 89.0 Å². The number of hydrogen-bond donors (Lipinski definition) is 2. The molecule has 0 radical (unpaired) electrons. The molecule has 0 aromatic heterocycles. The first kappa shape index (κ1) is 38.9. The number of carbonyl (C=O) groups excluding carboxylic acids is 4. The van der Waals surface area contributed by atoms with Crippen molar-refractivity contribution in [3.63, 3.8) is 0 Å². The van der Waals surface area contributed by atoms with Crippen molar-refractivity contribution in [3.05, 3.63) is 22.8 Å². The van der Waals surface area contributed by atoms with Crippen LogP contribution in [0.15, 0.2) is 22.8 Å². The number of hydrogen-bond acceptors (Lipinski definition) is 8. The van der Waals surface area contributed by atoms with Crippen molar-refractivity contribution in [3.8, 4) is 0 Å². The lowest BCUT2D eigenvalue weighted by Gasteiger charge is -2.59. The molecule has 0 aromatic rings. The minimum absolute atomic E-state index is 0.00560. The van der Waals surface area contributed by atoms with Crippen LogP contribution in [0.4, 0.5) is 0 Å². The first-order valence-corrected chi connectivity index (χ1v) is 21.1. The average Bonchev–Trinajstić information content (AvgIpc) is 3.57. The van der Waals surface area contributed by atoms with Gasteiger partial charge >= 0.3 is 11.9 Å². The molecule has 8 rings (SSSR count). The molecular formula is C45H66O8. The van der Waals surface area contributed by atoms with Gasteiger partial charge in [-0.3, -0.25) is 9.59 Å². The van der Waals surface area contributed by atoms with Crippen LogP contribution in [0.25, 0.3) is 0 Å². The zero-order chi connectivity index (χ0) is 38.3. The molecule has 8 aliphatic carbocycles. The molecule has 8 nitrogen and oxygen atoms in total. The lowest BCUT2D eigenvalue weighted by atomic mass is 9.45. The Morgan fingerprint density at radius 1 is 0.774 bits per heavy atom. The molecule has 8 heteroatoms. The molecule has 0 heterocycles. The molecule has 6 fully saturated rings. The predicted molar refractivity (Wildman–Crippen MR) is 201 cm³/mol. The minimum atomic E-state index is -0.404. The fourth-order valence-corrected chi connectivity index (χ4v) is 15.2. The Morgan fingerprint density at radius 2 is 1.45 bits per heavy atom. The number of ether oxygens (including phenoxy) is 2. The molecule has 53 heavy (non-hydrogen) atoms. The van der Waals surface area contributed by atoms with E-state index >= 15 is 0 Å². The van der Waals surface area contributed by atoms with Gasteiger partial charge in [-0.2, -0.15) is 0 Å². The summed E-state index contributed by atoms with van der Waals surface area (Å²) < 4.78 is 11.6. The smallest absolute Gasteiger partial charge is 0.303 e. The van der Waals surface area contributed by atoms with Gasteiger partial charge in [0.25, 0.3) is 0 Å². The SMILES string of the molecule is CC(=O)O[C@H]1CCC2C3CCC4=C[C@@H](O)C[C@H](C)[C@]4(C=O)C3CC[C@@]21C.CC(=O)O[C@]1(C)CC[C@H]2[C@@H]3CCC4=C(C)[C@@H](O)CC[C@]4(C=O)[C@H]3CC[C@@]21C. The quantitative estimate of drug-likeness (QED) is 0.170. The maximum absolute atomic E-state index is 12.5. The van der Waals surface area contributed by atoms with Crippen molar-refractivity contribution in [2.45, 2.75) is 169 Å². The molecule has 294 valence electrons. The van der Waals surface area contributed by atoms with Crippen molar-refractivity contribution in [2.75, 3.05) is 0 Å². The summed E-state index contributed by atoms with van der Waals surface area (Å²) in [7, 11) is 0. The topological polar surface area (TPSA) is 127 Å². The number of fused-ring (bicyclic) bond motifs is 10. The molecule has 6 saturated carbocycles. The van der Waals surface area contributed by atoms with Gasteiger partial charge in [0, 0.05) is 24.7 Å². The zero-order valence-corrected chi connectivity index (χ0v) is 33.5.